The molecule has 1 N–H and O–H groups in total. The van der Waals surface area contributed by atoms with Gasteiger partial charge in [-0.2, -0.15) is 0 Å². The summed E-state index contributed by atoms with van der Waals surface area (Å²) in [5.74, 6) is 0.694. The summed E-state index contributed by atoms with van der Waals surface area (Å²) in [6, 6.07) is 0. The Morgan fingerprint density at radius 2 is 1.88 bits per heavy atom. The van der Waals surface area contributed by atoms with Gasteiger partial charge in [-0.3, -0.25) is 0 Å². The van der Waals surface area contributed by atoms with E-state index < -0.39 is 8.32 Å². The maximum Gasteiger partial charge on any atom is 0.191 e. The molecule has 1 aliphatic rings. The first-order valence-corrected chi connectivity index (χ1v) is 9.45. The Hall–Kier alpha value is 0.137. The van der Waals surface area contributed by atoms with Crippen LogP contribution in [0, 0.1) is 5.92 Å². The third-order valence-corrected chi connectivity index (χ3v) is 8.85. The van der Waals surface area contributed by atoms with Crippen LogP contribution in [0.25, 0.3) is 0 Å². The van der Waals surface area contributed by atoms with Crippen LogP contribution in [0.3, 0.4) is 0 Å². The summed E-state index contributed by atoms with van der Waals surface area (Å²) in [4.78, 5) is 0. The van der Waals surface area contributed by atoms with Crippen molar-refractivity contribution < 1.29 is 9.53 Å². The fraction of sp³-hybridized carbons (Fsp3) is 1.00. The van der Waals surface area contributed by atoms with Crippen molar-refractivity contribution in [3.05, 3.63) is 0 Å². The van der Waals surface area contributed by atoms with Gasteiger partial charge >= 0.3 is 0 Å². The molecule has 96 valence electrons. The SMILES string of the molecule is CC(C)(C)[Si](C)(C)OCCC1CCC(O)C1. The van der Waals surface area contributed by atoms with Crippen LogP contribution in [0.5, 0.6) is 0 Å². The number of aliphatic hydroxyl groups excluding tert-OH is 1. The van der Waals surface area contributed by atoms with Gasteiger partial charge in [-0.05, 0) is 49.7 Å². The molecule has 0 amide bonds. The predicted octanol–water partition coefficient (Wildman–Crippen LogP) is 3.56. The Labute approximate surface area is 102 Å². The van der Waals surface area contributed by atoms with Gasteiger partial charge in [0, 0.05) is 6.61 Å². The molecule has 0 radical (unpaired) electrons. The summed E-state index contributed by atoms with van der Waals surface area (Å²) in [6.07, 6.45) is 4.25. The van der Waals surface area contributed by atoms with Crippen molar-refractivity contribution in [2.45, 2.75) is 70.7 Å². The highest BCUT2D eigenvalue weighted by atomic mass is 28.4. The van der Waals surface area contributed by atoms with E-state index in [4.69, 9.17) is 4.43 Å². The first-order chi connectivity index (χ1) is 7.22. The molecule has 1 saturated carbocycles. The highest BCUT2D eigenvalue weighted by Gasteiger charge is 2.37. The van der Waals surface area contributed by atoms with Crippen LogP contribution in [-0.2, 0) is 4.43 Å². The molecular formula is C13H28O2Si. The molecule has 0 aliphatic heterocycles. The molecule has 2 nitrogen and oxygen atoms in total. The highest BCUT2D eigenvalue weighted by molar-refractivity contribution is 6.74. The molecular weight excluding hydrogens is 216 g/mol. The number of rotatable bonds is 4. The van der Waals surface area contributed by atoms with Crippen LogP contribution in [0.1, 0.15) is 46.5 Å². The second-order valence-corrected chi connectivity index (χ2v) is 11.5. The molecule has 0 heterocycles. The molecule has 1 fully saturated rings. The first kappa shape index (κ1) is 14.2. The Morgan fingerprint density at radius 1 is 1.25 bits per heavy atom. The largest absolute Gasteiger partial charge is 0.417 e. The van der Waals surface area contributed by atoms with Gasteiger partial charge in [-0.1, -0.05) is 20.8 Å². The third-order valence-electron chi connectivity index (χ3n) is 4.31. The van der Waals surface area contributed by atoms with E-state index in [1.807, 2.05) is 0 Å². The number of aliphatic hydroxyl groups is 1. The van der Waals surface area contributed by atoms with Crippen molar-refractivity contribution >= 4 is 8.32 Å². The van der Waals surface area contributed by atoms with Gasteiger partial charge in [-0.15, -0.1) is 0 Å². The molecule has 1 rings (SSSR count). The summed E-state index contributed by atoms with van der Waals surface area (Å²) in [5, 5.41) is 9.76. The average Bonchev–Trinajstić information content (AvgIpc) is 2.49. The van der Waals surface area contributed by atoms with E-state index in [1.54, 1.807) is 0 Å². The second kappa shape index (κ2) is 5.19. The molecule has 0 aromatic carbocycles. The maximum absolute atomic E-state index is 9.46. The normalized spacial score (nSPS) is 27.4. The lowest BCUT2D eigenvalue weighted by molar-refractivity contribution is 0.173. The Bertz CT molecular complexity index is 220. The monoisotopic (exact) mass is 244 g/mol. The Morgan fingerprint density at radius 3 is 2.31 bits per heavy atom. The Kier molecular flexibility index (Phi) is 4.61. The molecule has 0 saturated heterocycles. The number of hydrogen-bond donors (Lipinski definition) is 1. The first-order valence-electron chi connectivity index (χ1n) is 6.54. The average molecular weight is 244 g/mol. The maximum atomic E-state index is 9.46. The van der Waals surface area contributed by atoms with Gasteiger partial charge < -0.3 is 9.53 Å². The minimum atomic E-state index is -1.56. The lowest BCUT2D eigenvalue weighted by Gasteiger charge is -2.36. The zero-order valence-corrected chi connectivity index (χ0v) is 12.5. The van der Waals surface area contributed by atoms with E-state index >= 15 is 0 Å². The molecule has 0 aromatic heterocycles. The molecule has 2 atom stereocenters. The summed E-state index contributed by atoms with van der Waals surface area (Å²) < 4.78 is 6.15. The van der Waals surface area contributed by atoms with Crippen molar-refractivity contribution in [2.24, 2.45) is 5.92 Å². The molecule has 16 heavy (non-hydrogen) atoms. The van der Waals surface area contributed by atoms with Gasteiger partial charge in [0.05, 0.1) is 6.10 Å². The predicted molar refractivity (Wildman–Crippen MR) is 71.1 cm³/mol. The minimum absolute atomic E-state index is 0.0436. The van der Waals surface area contributed by atoms with Crippen LogP contribution in [0.2, 0.25) is 18.1 Å². The quantitative estimate of drug-likeness (QED) is 0.766. The zero-order chi connectivity index (χ0) is 12.4. The number of hydrogen-bond acceptors (Lipinski definition) is 2. The van der Waals surface area contributed by atoms with Gasteiger partial charge in [0.2, 0.25) is 0 Å². The van der Waals surface area contributed by atoms with Crippen molar-refractivity contribution in [1.82, 2.24) is 0 Å². The van der Waals surface area contributed by atoms with E-state index in [0.29, 0.717) is 11.0 Å². The second-order valence-electron chi connectivity index (χ2n) is 6.73. The fourth-order valence-corrected chi connectivity index (χ4v) is 3.07. The van der Waals surface area contributed by atoms with Crippen molar-refractivity contribution in [2.75, 3.05) is 6.61 Å². The van der Waals surface area contributed by atoms with Crippen molar-refractivity contribution in [3.8, 4) is 0 Å². The molecule has 0 spiro atoms. The molecule has 3 heteroatoms. The van der Waals surface area contributed by atoms with Crippen LogP contribution in [-0.4, -0.2) is 26.1 Å². The zero-order valence-electron chi connectivity index (χ0n) is 11.5. The van der Waals surface area contributed by atoms with Gasteiger partial charge in [0.15, 0.2) is 8.32 Å². The smallest absolute Gasteiger partial charge is 0.191 e. The fourth-order valence-electron chi connectivity index (χ4n) is 2.01. The summed E-state index contributed by atoms with van der Waals surface area (Å²) >= 11 is 0. The molecule has 2 unspecified atom stereocenters. The van der Waals surface area contributed by atoms with Gasteiger partial charge in [0.1, 0.15) is 0 Å². The molecule has 0 bridgehead atoms. The van der Waals surface area contributed by atoms with Crippen LogP contribution in [0.4, 0.5) is 0 Å². The third kappa shape index (κ3) is 3.86. The lowest BCUT2D eigenvalue weighted by atomic mass is 10.1. The van der Waals surface area contributed by atoms with E-state index in [2.05, 4.69) is 33.9 Å². The van der Waals surface area contributed by atoms with Gasteiger partial charge in [0.25, 0.3) is 0 Å². The van der Waals surface area contributed by atoms with Crippen LogP contribution < -0.4 is 0 Å². The topological polar surface area (TPSA) is 29.5 Å². The van der Waals surface area contributed by atoms with E-state index in [9.17, 15) is 5.11 Å². The van der Waals surface area contributed by atoms with Crippen molar-refractivity contribution in [1.29, 1.82) is 0 Å². The Balaban J connectivity index is 2.25. The lowest BCUT2D eigenvalue weighted by Crippen LogP contribution is -2.41. The van der Waals surface area contributed by atoms with E-state index in [-0.39, 0.29) is 6.10 Å². The summed E-state index contributed by atoms with van der Waals surface area (Å²) in [6.45, 7) is 12.3. The van der Waals surface area contributed by atoms with Crippen molar-refractivity contribution in [3.63, 3.8) is 0 Å². The highest BCUT2D eigenvalue weighted by Crippen LogP contribution is 2.37. The molecule has 1 aliphatic carbocycles. The van der Waals surface area contributed by atoms with E-state index in [0.717, 1.165) is 25.9 Å². The van der Waals surface area contributed by atoms with Crippen LogP contribution in [0.15, 0.2) is 0 Å². The van der Waals surface area contributed by atoms with Gasteiger partial charge in [-0.25, -0.2) is 0 Å². The summed E-state index contributed by atoms with van der Waals surface area (Å²) in [7, 11) is -1.56. The minimum Gasteiger partial charge on any atom is -0.417 e. The summed E-state index contributed by atoms with van der Waals surface area (Å²) in [5.41, 5.74) is 0. The standard InChI is InChI=1S/C13H28O2Si/c1-13(2,3)16(4,5)15-9-8-11-6-7-12(14)10-11/h11-12,14H,6-10H2,1-5H3. The van der Waals surface area contributed by atoms with Crippen LogP contribution >= 0.6 is 0 Å². The molecule has 0 aromatic rings. The van der Waals surface area contributed by atoms with E-state index in [1.165, 1.54) is 6.42 Å².